The van der Waals surface area contributed by atoms with Crippen LogP contribution in [0.3, 0.4) is 0 Å². The van der Waals surface area contributed by atoms with E-state index in [1.807, 2.05) is 7.05 Å². The second kappa shape index (κ2) is 5.12. The number of nitrogens with zero attached hydrogens (tertiary/aromatic N) is 2. The minimum Gasteiger partial charge on any atom is -0.393 e. The van der Waals surface area contributed by atoms with Crippen molar-refractivity contribution in [2.24, 2.45) is 0 Å². The lowest BCUT2D eigenvalue weighted by atomic mass is 9.93. The first-order valence-electron chi connectivity index (χ1n) is 5.72. The third-order valence-corrected chi connectivity index (χ3v) is 2.94. The molecule has 2 rings (SSSR count). The maximum Gasteiger partial charge on any atom is 0.147 e. The Morgan fingerprint density at radius 3 is 2.56 bits per heavy atom. The van der Waals surface area contributed by atoms with Gasteiger partial charge < -0.3 is 15.7 Å². The van der Waals surface area contributed by atoms with Crippen LogP contribution in [0.4, 0.5) is 11.6 Å². The summed E-state index contributed by atoms with van der Waals surface area (Å²) in [7, 11) is 1.82. The Hall–Kier alpha value is -1.36. The minimum atomic E-state index is -0.118. The van der Waals surface area contributed by atoms with Gasteiger partial charge in [-0.3, -0.25) is 4.98 Å². The van der Waals surface area contributed by atoms with Crippen LogP contribution in [-0.4, -0.2) is 34.3 Å². The van der Waals surface area contributed by atoms with E-state index in [4.69, 9.17) is 0 Å². The SMILES string of the molecule is CNc1cncc(NC2CCC(O)CC2)n1. The largest absolute Gasteiger partial charge is 0.393 e. The van der Waals surface area contributed by atoms with E-state index < -0.39 is 0 Å². The zero-order chi connectivity index (χ0) is 11.4. The first-order chi connectivity index (χ1) is 7.78. The molecule has 0 radical (unpaired) electrons. The molecule has 0 atom stereocenters. The summed E-state index contributed by atoms with van der Waals surface area (Å²) in [6, 6.07) is 0.407. The Morgan fingerprint density at radius 1 is 1.19 bits per heavy atom. The average Bonchev–Trinajstić information content (AvgIpc) is 2.32. The second-order valence-electron chi connectivity index (χ2n) is 4.19. The molecule has 1 heterocycles. The van der Waals surface area contributed by atoms with Crippen molar-refractivity contribution in [2.45, 2.75) is 37.8 Å². The highest BCUT2D eigenvalue weighted by molar-refractivity contribution is 5.41. The number of aromatic nitrogens is 2. The molecule has 0 aromatic carbocycles. The van der Waals surface area contributed by atoms with Crippen LogP contribution < -0.4 is 10.6 Å². The van der Waals surface area contributed by atoms with Gasteiger partial charge in [0.05, 0.1) is 18.5 Å². The van der Waals surface area contributed by atoms with Crippen LogP contribution in [0.2, 0.25) is 0 Å². The molecule has 1 aliphatic rings. The normalized spacial score (nSPS) is 25.1. The minimum absolute atomic E-state index is 0.118. The Bertz CT molecular complexity index is 337. The molecule has 0 unspecified atom stereocenters. The molecule has 5 heteroatoms. The van der Waals surface area contributed by atoms with Crippen molar-refractivity contribution in [3.8, 4) is 0 Å². The van der Waals surface area contributed by atoms with Gasteiger partial charge in [-0.2, -0.15) is 0 Å². The van der Waals surface area contributed by atoms with Gasteiger partial charge in [0.1, 0.15) is 11.6 Å². The molecule has 16 heavy (non-hydrogen) atoms. The Morgan fingerprint density at radius 2 is 1.88 bits per heavy atom. The first kappa shape index (κ1) is 11.1. The van der Waals surface area contributed by atoms with Crippen LogP contribution in [0.15, 0.2) is 12.4 Å². The van der Waals surface area contributed by atoms with E-state index in [0.717, 1.165) is 37.3 Å². The molecular weight excluding hydrogens is 204 g/mol. The zero-order valence-corrected chi connectivity index (χ0v) is 9.48. The monoisotopic (exact) mass is 222 g/mol. The van der Waals surface area contributed by atoms with Gasteiger partial charge in [-0.25, -0.2) is 4.98 Å². The molecular formula is C11H18N4O. The van der Waals surface area contributed by atoms with E-state index in [-0.39, 0.29) is 6.10 Å². The summed E-state index contributed by atoms with van der Waals surface area (Å²) in [5.41, 5.74) is 0. The molecule has 0 saturated heterocycles. The fourth-order valence-electron chi connectivity index (χ4n) is 1.99. The third kappa shape index (κ3) is 2.82. The number of nitrogens with one attached hydrogen (secondary N) is 2. The van der Waals surface area contributed by atoms with Crippen molar-refractivity contribution in [3.05, 3.63) is 12.4 Å². The Labute approximate surface area is 95.3 Å². The summed E-state index contributed by atoms with van der Waals surface area (Å²) in [5, 5.41) is 15.7. The van der Waals surface area contributed by atoms with Gasteiger partial charge in [0, 0.05) is 13.1 Å². The van der Waals surface area contributed by atoms with E-state index >= 15 is 0 Å². The smallest absolute Gasteiger partial charge is 0.147 e. The van der Waals surface area contributed by atoms with Gasteiger partial charge >= 0.3 is 0 Å². The highest BCUT2D eigenvalue weighted by Gasteiger charge is 2.19. The standard InChI is InChI=1S/C11H18N4O/c1-12-10-6-13-7-11(15-10)14-8-2-4-9(16)5-3-8/h6-9,16H,2-5H2,1H3,(H2,12,14,15). The predicted molar refractivity (Wildman–Crippen MR) is 63.5 cm³/mol. The van der Waals surface area contributed by atoms with Gasteiger partial charge in [-0.15, -0.1) is 0 Å². The molecule has 5 nitrogen and oxygen atoms in total. The predicted octanol–water partition coefficient (Wildman–Crippen LogP) is 1.23. The molecule has 0 amide bonds. The molecule has 1 saturated carbocycles. The highest BCUT2D eigenvalue weighted by atomic mass is 16.3. The summed E-state index contributed by atoms with van der Waals surface area (Å²) < 4.78 is 0. The van der Waals surface area contributed by atoms with Crippen molar-refractivity contribution in [1.29, 1.82) is 0 Å². The van der Waals surface area contributed by atoms with Crippen molar-refractivity contribution in [1.82, 2.24) is 9.97 Å². The number of anilines is 2. The van der Waals surface area contributed by atoms with E-state index in [1.54, 1.807) is 12.4 Å². The highest BCUT2D eigenvalue weighted by Crippen LogP contribution is 2.21. The molecule has 1 fully saturated rings. The molecule has 1 aromatic rings. The van der Waals surface area contributed by atoms with Crippen molar-refractivity contribution < 1.29 is 5.11 Å². The Kier molecular flexibility index (Phi) is 3.56. The molecule has 0 spiro atoms. The van der Waals surface area contributed by atoms with Crippen molar-refractivity contribution in [2.75, 3.05) is 17.7 Å². The maximum atomic E-state index is 9.41. The summed E-state index contributed by atoms with van der Waals surface area (Å²) in [4.78, 5) is 8.46. The van der Waals surface area contributed by atoms with Gasteiger partial charge in [0.25, 0.3) is 0 Å². The third-order valence-electron chi connectivity index (χ3n) is 2.94. The quantitative estimate of drug-likeness (QED) is 0.717. The van der Waals surface area contributed by atoms with Crippen molar-refractivity contribution in [3.63, 3.8) is 0 Å². The fraction of sp³-hybridized carbons (Fsp3) is 0.636. The zero-order valence-electron chi connectivity index (χ0n) is 9.48. The second-order valence-corrected chi connectivity index (χ2v) is 4.19. The van der Waals surface area contributed by atoms with E-state index in [2.05, 4.69) is 20.6 Å². The van der Waals surface area contributed by atoms with Gasteiger partial charge in [0.2, 0.25) is 0 Å². The van der Waals surface area contributed by atoms with Crippen LogP contribution in [0.1, 0.15) is 25.7 Å². The molecule has 0 aliphatic heterocycles. The van der Waals surface area contributed by atoms with E-state index in [0.29, 0.717) is 6.04 Å². The lowest BCUT2D eigenvalue weighted by Gasteiger charge is -2.26. The van der Waals surface area contributed by atoms with Crippen LogP contribution in [-0.2, 0) is 0 Å². The van der Waals surface area contributed by atoms with E-state index in [9.17, 15) is 5.11 Å². The summed E-state index contributed by atoms with van der Waals surface area (Å²) >= 11 is 0. The molecule has 1 aromatic heterocycles. The molecule has 0 bridgehead atoms. The Balaban J connectivity index is 1.93. The topological polar surface area (TPSA) is 70.1 Å². The fourth-order valence-corrected chi connectivity index (χ4v) is 1.99. The first-order valence-corrected chi connectivity index (χ1v) is 5.72. The van der Waals surface area contributed by atoms with Gasteiger partial charge in [-0.1, -0.05) is 0 Å². The summed E-state index contributed by atoms with van der Waals surface area (Å²) in [5.74, 6) is 1.56. The number of rotatable bonds is 3. The summed E-state index contributed by atoms with van der Waals surface area (Å²) in [6.45, 7) is 0. The van der Waals surface area contributed by atoms with Gasteiger partial charge in [-0.05, 0) is 25.7 Å². The van der Waals surface area contributed by atoms with Gasteiger partial charge in [0.15, 0.2) is 0 Å². The molecule has 88 valence electrons. The number of aliphatic hydroxyl groups excluding tert-OH is 1. The average molecular weight is 222 g/mol. The lowest BCUT2D eigenvalue weighted by molar-refractivity contribution is 0.126. The summed E-state index contributed by atoms with van der Waals surface area (Å²) in [6.07, 6.45) is 7.03. The number of aliphatic hydroxyl groups is 1. The molecule has 3 N–H and O–H groups in total. The number of hydrogen-bond acceptors (Lipinski definition) is 5. The molecule has 1 aliphatic carbocycles. The van der Waals surface area contributed by atoms with Crippen LogP contribution in [0, 0.1) is 0 Å². The van der Waals surface area contributed by atoms with Crippen LogP contribution >= 0.6 is 0 Å². The maximum absolute atomic E-state index is 9.41. The van der Waals surface area contributed by atoms with Crippen molar-refractivity contribution >= 4 is 11.6 Å². The van der Waals surface area contributed by atoms with Crippen LogP contribution in [0.5, 0.6) is 0 Å². The van der Waals surface area contributed by atoms with E-state index in [1.165, 1.54) is 0 Å². The van der Waals surface area contributed by atoms with Crippen LogP contribution in [0.25, 0.3) is 0 Å². The number of hydrogen-bond donors (Lipinski definition) is 3. The lowest BCUT2D eigenvalue weighted by Crippen LogP contribution is -2.28.